The Balaban J connectivity index is 1.30. The van der Waals surface area contributed by atoms with Crippen molar-refractivity contribution in [1.29, 1.82) is 0 Å². The summed E-state index contributed by atoms with van der Waals surface area (Å²) in [5.74, 6) is 1.04. The second-order valence-electron chi connectivity index (χ2n) is 8.73. The van der Waals surface area contributed by atoms with Gasteiger partial charge >= 0.3 is 5.97 Å². The number of para-hydroxylation sites is 1. The number of esters is 1. The van der Waals surface area contributed by atoms with Gasteiger partial charge in [-0.1, -0.05) is 30.3 Å². The molecule has 0 bridgehead atoms. The predicted octanol–water partition coefficient (Wildman–Crippen LogP) is 4.89. The van der Waals surface area contributed by atoms with Gasteiger partial charge in [0.25, 0.3) is 0 Å². The minimum atomic E-state index is -0.750. The minimum absolute atomic E-state index is 0.200. The van der Waals surface area contributed by atoms with Gasteiger partial charge in [-0.3, -0.25) is 0 Å². The Bertz CT molecular complexity index is 1400. The molecule has 0 amide bonds. The number of aromatic nitrogens is 1. The lowest BCUT2D eigenvalue weighted by molar-refractivity contribution is 0.0504. The number of hydrogen-bond acceptors (Lipinski definition) is 7. The predicted molar refractivity (Wildman–Crippen MR) is 134 cm³/mol. The first-order valence-electron chi connectivity index (χ1n) is 11.7. The molecule has 36 heavy (non-hydrogen) atoms. The summed E-state index contributed by atoms with van der Waals surface area (Å²) in [6.45, 7) is 0.668. The monoisotopic (exact) mass is 485 g/mol. The molecule has 2 heterocycles. The van der Waals surface area contributed by atoms with E-state index in [1.54, 1.807) is 12.1 Å². The zero-order chi connectivity index (χ0) is 25.1. The molecule has 1 aromatic heterocycles. The summed E-state index contributed by atoms with van der Waals surface area (Å²) in [6.07, 6.45) is -0.236. The van der Waals surface area contributed by atoms with Gasteiger partial charge in [0.1, 0.15) is 29.4 Å². The molecule has 0 saturated carbocycles. The first kappa shape index (κ1) is 23.6. The van der Waals surface area contributed by atoms with E-state index in [2.05, 4.69) is 4.98 Å². The van der Waals surface area contributed by atoms with Crippen molar-refractivity contribution in [2.24, 2.45) is 5.92 Å². The number of fused-ring (bicyclic) bond motifs is 2. The van der Waals surface area contributed by atoms with E-state index in [0.717, 1.165) is 22.2 Å². The van der Waals surface area contributed by atoms with Gasteiger partial charge < -0.3 is 24.1 Å². The summed E-state index contributed by atoms with van der Waals surface area (Å²) in [5.41, 5.74) is 3.65. The van der Waals surface area contributed by atoms with Gasteiger partial charge in [-0.15, -0.1) is 0 Å². The molecule has 5 rings (SSSR count). The topological polar surface area (TPSA) is 87.1 Å². The van der Waals surface area contributed by atoms with Crippen LogP contribution in [-0.4, -0.2) is 36.9 Å². The average molecular weight is 486 g/mol. The van der Waals surface area contributed by atoms with Crippen LogP contribution in [0.1, 0.15) is 33.3 Å². The molecule has 0 spiro atoms. The molecule has 1 N–H and O–H groups in total. The van der Waals surface area contributed by atoms with Crippen LogP contribution in [0.25, 0.3) is 10.9 Å². The van der Waals surface area contributed by atoms with Gasteiger partial charge in [0.15, 0.2) is 0 Å². The third kappa shape index (κ3) is 4.83. The van der Waals surface area contributed by atoms with Crippen molar-refractivity contribution in [1.82, 2.24) is 4.98 Å². The maximum Gasteiger partial charge on any atom is 0.341 e. The Labute approximate surface area is 209 Å². The van der Waals surface area contributed by atoms with Crippen molar-refractivity contribution in [3.63, 3.8) is 0 Å². The van der Waals surface area contributed by atoms with Crippen LogP contribution in [0.3, 0.4) is 0 Å². The number of ether oxygens (including phenoxy) is 4. The highest BCUT2D eigenvalue weighted by atomic mass is 16.5. The smallest absolute Gasteiger partial charge is 0.341 e. The number of aliphatic hydroxyl groups excluding tert-OH is 1. The van der Waals surface area contributed by atoms with Crippen molar-refractivity contribution in [2.75, 3.05) is 20.8 Å². The summed E-state index contributed by atoms with van der Waals surface area (Å²) in [7, 11) is 2.84. The number of carbonyl (C=O) groups excluding carboxylic acids is 1. The maximum atomic E-state index is 12.1. The number of rotatable bonds is 7. The molecular weight excluding hydrogens is 458 g/mol. The molecule has 0 aliphatic carbocycles. The van der Waals surface area contributed by atoms with Crippen molar-refractivity contribution < 1.29 is 28.8 Å². The number of aliphatic hydroxyl groups is 1. The Morgan fingerprint density at radius 2 is 1.92 bits per heavy atom. The molecule has 2 atom stereocenters. The van der Waals surface area contributed by atoms with E-state index in [1.807, 2.05) is 60.7 Å². The van der Waals surface area contributed by atoms with Gasteiger partial charge in [-0.05, 0) is 54.4 Å². The van der Waals surface area contributed by atoms with Crippen molar-refractivity contribution in [2.45, 2.75) is 19.1 Å². The van der Waals surface area contributed by atoms with Crippen LogP contribution in [-0.2, 0) is 17.8 Å². The molecule has 0 unspecified atom stereocenters. The van der Waals surface area contributed by atoms with Crippen LogP contribution in [0.4, 0.5) is 0 Å². The number of carbonyl (C=O) groups is 1. The largest absolute Gasteiger partial charge is 0.496 e. The van der Waals surface area contributed by atoms with Crippen LogP contribution >= 0.6 is 0 Å². The highest BCUT2D eigenvalue weighted by Crippen LogP contribution is 2.39. The van der Waals surface area contributed by atoms with E-state index >= 15 is 0 Å². The summed E-state index contributed by atoms with van der Waals surface area (Å²) >= 11 is 0. The standard InChI is InChI=1S/C29H27NO6/c1-33-26-11-7-18(14-24(26)29(32)34-2)13-20-16-36-27-12-10-22(15-23(27)28(20)31)35-17-21-9-8-19-5-3-4-6-25(19)30-21/h3-12,14-15,20,28,31H,13,16-17H2,1-2H3/t20-,28+/m0/s1. The third-order valence-corrected chi connectivity index (χ3v) is 6.41. The summed E-state index contributed by atoms with van der Waals surface area (Å²) in [4.78, 5) is 16.8. The fourth-order valence-corrected chi connectivity index (χ4v) is 4.49. The van der Waals surface area contributed by atoms with Crippen LogP contribution in [0.2, 0.25) is 0 Å². The molecule has 0 fully saturated rings. The van der Waals surface area contributed by atoms with Crippen molar-refractivity contribution in [3.05, 3.63) is 95.2 Å². The normalized spacial score (nSPS) is 16.6. The fourth-order valence-electron chi connectivity index (χ4n) is 4.49. The molecule has 7 heteroatoms. The summed E-state index contributed by atoms with van der Waals surface area (Å²) < 4.78 is 22.1. The Morgan fingerprint density at radius 1 is 1.06 bits per heavy atom. The minimum Gasteiger partial charge on any atom is -0.496 e. The Morgan fingerprint density at radius 3 is 2.75 bits per heavy atom. The molecule has 3 aromatic carbocycles. The molecular formula is C29H27NO6. The second kappa shape index (κ2) is 10.3. The third-order valence-electron chi connectivity index (χ3n) is 6.41. The van der Waals surface area contributed by atoms with E-state index < -0.39 is 12.1 Å². The Hall–Kier alpha value is -4.10. The fraction of sp³-hybridized carbons (Fsp3) is 0.241. The second-order valence-corrected chi connectivity index (χ2v) is 8.73. The van der Waals surface area contributed by atoms with E-state index in [-0.39, 0.29) is 5.92 Å². The molecule has 7 nitrogen and oxygen atoms in total. The number of benzene rings is 3. The number of hydrogen-bond donors (Lipinski definition) is 1. The lowest BCUT2D eigenvalue weighted by atomic mass is 9.87. The first-order valence-corrected chi connectivity index (χ1v) is 11.7. The molecule has 4 aromatic rings. The highest BCUT2D eigenvalue weighted by molar-refractivity contribution is 5.92. The van der Waals surface area contributed by atoms with E-state index in [0.29, 0.717) is 48.0 Å². The lowest BCUT2D eigenvalue weighted by Gasteiger charge is -2.31. The average Bonchev–Trinajstić information content (AvgIpc) is 2.93. The molecule has 0 radical (unpaired) electrons. The van der Waals surface area contributed by atoms with Crippen LogP contribution in [0, 0.1) is 5.92 Å². The maximum absolute atomic E-state index is 12.1. The number of pyridine rings is 1. The molecule has 184 valence electrons. The van der Waals surface area contributed by atoms with Crippen molar-refractivity contribution >= 4 is 16.9 Å². The van der Waals surface area contributed by atoms with Crippen LogP contribution < -0.4 is 14.2 Å². The lowest BCUT2D eigenvalue weighted by Crippen LogP contribution is -2.27. The van der Waals surface area contributed by atoms with Crippen LogP contribution in [0.5, 0.6) is 17.2 Å². The summed E-state index contributed by atoms with van der Waals surface area (Å²) in [6, 6.07) is 22.8. The van der Waals surface area contributed by atoms with Crippen LogP contribution in [0.15, 0.2) is 72.8 Å². The van der Waals surface area contributed by atoms with E-state index in [4.69, 9.17) is 18.9 Å². The van der Waals surface area contributed by atoms with Gasteiger partial charge in [-0.25, -0.2) is 9.78 Å². The van der Waals surface area contributed by atoms with Gasteiger partial charge in [0, 0.05) is 16.9 Å². The van der Waals surface area contributed by atoms with E-state index in [9.17, 15) is 9.90 Å². The van der Waals surface area contributed by atoms with E-state index in [1.165, 1.54) is 14.2 Å². The molecule has 0 saturated heterocycles. The van der Waals surface area contributed by atoms with Gasteiger partial charge in [-0.2, -0.15) is 0 Å². The molecule has 1 aliphatic heterocycles. The summed E-state index contributed by atoms with van der Waals surface area (Å²) in [5, 5.41) is 12.3. The quantitative estimate of drug-likeness (QED) is 0.373. The van der Waals surface area contributed by atoms with Gasteiger partial charge in [0.05, 0.1) is 38.1 Å². The van der Waals surface area contributed by atoms with Crippen molar-refractivity contribution in [3.8, 4) is 17.2 Å². The van der Waals surface area contributed by atoms with Gasteiger partial charge in [0.2, 0.25) is 0 Å². The zero-order valence-electron chi connectivity index (χ0n) is 20.1. The SMILES string of the molecule is COC(=O)c1cc(C[C@H]2COc3ccc(OCc4ccc5ccccc5n4)cc3[C@@H]2O)ccc1OC. The Kier molecular flexibility index (Phi) is 6.73. The number of nitrogens with zero attached hydrogens (tertiary/aromatic N) is 1. The molecule has 1 aliphatic rings. The first-order chi connectivity index (χ1) is 17.6. The zero-order valence-corrected chi connectivity index (χ0v) is 20.1. The number of methoxy groups -OCH3 is 2. The highest BCUT2D eigenvalue weighted by Gasteiger charge is 2.30.